The number of nitrogens with zero attached hydrogens (tertiary/aromatic N) is 1. The minimum Gasteiger partial charge on any atom is -0.274 e. The number of carbonyl (C=O) groups is 2. The highest BCUT2D eigenvalue weighted by atomic mass is 16.2. The van der Waals surface area contributed by atoms with Crippen LogP contribution in [0.2, 0.25) is 0 Å². The molecule has 0 aromatic heterocycles. The van der Waals surface area contributed by atoms with E-state index in [1.54, 1.807) is 0 Å². The summed E-state index contributed by atoms with van der Waals surface area (Å²) in [6.45, 7) is 2.16. The summed E-state index contributed by atoms with van der Waals surface area (Å²) >= 11 is 0. The first kappa shape index (κ1) is 18.8. The fourth-order valence-corrected chi connectivity index (χ4v) is 7.17. The van der Waals surface area contributed by atoms with E-state index in [1.165, 1.54) is 27.2 Å². The highest BCUT2D eigenvalue weighted by Crippen LogP contribution is 2.65. The third-order valence-corrected chi connectivity index (χ3v) is 8.36. The van der Waals surface area contributed by atoms with E-state index in [2.05, 4.69) is 55.5 Å². The van der Waals surface area contributed by atoms with Crippen LogP contribution >= 0.6 is 0 Å². The minimum absolute atomic E-state index is 0.0581. The van der Waals surface area contributed by atoms with Gasteiger partial charge in [-0.1, -0.05) is 91.9 Å². The lowest BCUT2D eigenvalue weighted by Crippen LogP contribution is -2.53. The van der Waals surface area contributed by atoms with Crippen molar-refractivity contribution in [3.8, 4) is 0 Å². The fraction of sp³-hybridized carbons (Fsp3) is 0.200. The fourth-order valence-electron chi connectivity index (χ4n) is 7.17. The van der Waals surface area contributed by atoms with Crippen molar-refractivity contribution in [3.63, 3.8) is 0 Å². The summed E-state index contributed by atoms with van der Waals surface area (Å²) in [5.74, 6) is -0.970. The molecule has 0 N–H and O–H groups in total. The predicted molar refractivity (Wildman–Crippen MR) is 129 cm³/mol. The number of amides is 2. The third-order valence-electron chi connectivity index (χ3n) is 8.36. The van der Waals surface area contributed by atoms with Crippen LogP contribution in [0, 0.1) is 11.8 Å². The molecule has 4 aromatic carbocycles. The molecule has 1 heterocycles. The molecule has 1 saturated heterocycles. The summed E-state index contributed by atoms with van der Waals surface area (Å²) in [6.07, 6.45) is 0.775. The number of carbonyl (C=O) groups excluding carboxylic acids is 2. The van der Waals surface area contributed by atoms with Crippen molar-refractivity contribution in [1.29, 1.82) is 0 Å². The molecule has 3 heteroatoms. The van der Waals surface area contributed by atoms with Crippen LogP contribution in [0.25, 0.3) is 10.8 Å². The molecule has 4 aliphatic rings. The van der Waals surface area contributed by atoms with Crippen LogP contribution in [0.15, 0.2) is 91.0 Å². The number of benzene rings is 4. The van der Waals surface area contributed by atoms with Gasteiger partial charge in [-0.25, -0.2) is 4.90 Å². The number of anilines is 1. The molecule has 0 radical (unpaired) electrons. The van der Waals surface area contributed by atoms with Crippen LogP contribution < -0.4 is 4.90 Å². The molecule has 2 bridgehead atoms. The summed E-state index contributed by atoms with van der Waals surface area (Å²) in [6, 6.07) is 30.8. The lowest BCUT2D eigenvalue weighted by Gasteiger charge is -2.54. The molecule has 2 atom stereocenters. The molecule has 8 rings (SSSR count). The van der Waals surface area contributed by atoms with Crippen LogP contribution in [-0.4, -0.2) is 11.8 Å². The SMILES string of the molecule is CCC12c3ccccc3C(c3ccccc31)[C@H]1C(=O)N(c3cccc4ccccc34)C(=O)[C@H]12. The maximum atomic E-state index is 14.3. The van der Waals surface area contributed by atoms with Gasteiger partial charge < -0.3 is 0 Å². The lowest BCUT2D eigenvalue weighted by atomic mass is 9.46. The quantitative estimate of drug-likeness (QED) is 0.378. The van der Waals surface area contributed by atoms with Gasteiger partial charge in [0.1, 0.15) is 0 Å². The molecule has 0 saturated carbocycles. The van der Waals surface area contributed by atoms with Gasteiger partial charge in [0.2, 0.25) is 11.8 Å². The van der Waals surface area contributed by atoms with Crippen LogP contribution in [0.1, 0.15) is 41.5 Å². The monoisotopic (exact) mass is 429 g/mol. The molecule has 0 unspecified atom stereocenters. The highest BCUT2D eigenvalue weighted by Gasteiger charge is 2.67. The van der Waals surface area contributed by atoms with Crippen molar-refractivity contribution in [2.45, 2.75) is 24.7 Å². The van der Waals surface area contributed by atoms with Gasteiger partial charge >= 0.3 is 0 Å². The normalized spacial score (nSPS) is 26.9. The predicted octanol–water partition coefficient (Wildman–Crippen LogP) is 5.80. The van der Waals surface area contributed by atoms with Gasteiger partial charge in [0.15, 0.2) is 0 Å². The Labute approximate surface area is 192 Å². The highest BCUT2D eigenvalue weighted by molar-refractivity contribution is 6.26. The van der Waals surface area contributed by atoms with Gasteiger partial charge in [0.05, 0.1) is 17.5 Å². The topological polar surface area (TPSA) is 37.4 Å². The van der Waals surface area contributed by atoms with Crippen molar-refractivity contribution >= 4 is 28.3 Å². The van der Waals surface area contributed by atoms with E-state index in [4.69, 9.17) is 0 Å². The number of hydrogen-bond acceptors (Lipinski definition) is 2. The first-order valence-corrected chi connectivity index (χ1v) is 11.7. The van der Waals surface area contributed by atoms with Gasteiger partial charge in [0.25, 0.3) is 0 Å². The average molecular weight is 430 g/mol. The van der Waals surface area contributed by atoms with E-state index in [-0.39, 0.29) is 29.6 Å². The van der Waals surface area contributed by atoms with Gasteiger partial charge in [0, 0.05) is 16.7 Å². The van der Waals surface area contributed by atoms with Crippen molar-refractivity contribution in [3.05, 3.63) is 113 Å². The van der Waals surface area contributed by atoms with E-state index in [0.29, 0.717) is 5.69 Å². The lowest BCUT2D eigenvalue weighted by molar-refractivity contribution is -0.123. The third kappa shape index (κ3) is 2.11. The van der Waals surface area contributed by atoms with Crippen molar-refractivity contribution in [2.24, 2.45) is 11.8 Å². The second kappa shape index (κ2) is 6.41. The second-order valence-corrected chi connectivity index (χ2v) is 9.49. The Hall–Kier alpha value is -3.72. The molecule has 2 amide bonds. The number of fused-ring (bicyclic) bond motifs is 1. The zero-order chi connectivity index (χ0) is 22.3. The molecule has 0 spiro atoms. The number of imide groups is 1. The van der Waals surface area contributed by atoms with E-state index >= 15 is 0 Å². The van der Waals surface area contributed by atoms with E-state index in [0.717, 1.165) is 17.2 Å². The maximum Gasteiger partial charge on any atom is 0.238 e. The standard InChI is InChI=1S/C30H23NO2/c1-2-30-22-15-7-5-13-20(22)25(21-14-6-8-16-23(21)30)26-27(30)29(33)31(28(26)32)24-17-9-11-18-10-3-4-12-19(18)24/h3-17,25-27H,2H2,1H3/t25?,26-,27+,30?/m1/s1. The van der Waals surface area contributed by atoms with E-state index < -0.39 is 5.41 Å². The molecular weight excluding hydrogens is 406 g/mol. The summed E-state index contributed by atoms with van der Waals surface area (Å²) in [4.78, 5) is 29.9. The molecule has 3 aliphatic carbocycles. The molecular formula is C30H23NO2. The Morgan fingerprint density at radius 3 is 2.03 bits per heavy atom. The Bertz CT molecular complexity index is 1430. The molecule has 33 heavy (non-hydrogen) atoms. The van der Waals surface area contributed by atoms with Crippen molar-refractivity contribution < 1.29 is 9.59 Å². The molecule has 4 aromatic rings. The summed E-state index contributed by atoms with van der Waals surface area (Å²) in [7, 11) is 0. The summed E-state index contributed by atoms with van der Waals surface area (Å²) < 4.78 is 0. The maximum absolute atomic E-state index is 14.3. The van der Waals surface area contributed by atoms with E-state index in [1.807, 2.05) is 42.5 Å². The van der Waals surface area contributed by atoms with Crippen LogP contribution in [-0.2, 0) is 15.0 Å². The van der Waals surface area contributed by atoms with Gasteiger partial charge in [-0.05, 0) is 40.1 Å². The average Bonchev–Trinajstić information content (AvgIpc) is 3.14. The largest absolute Gasteiger partial charge is 0.274 e. The smallest absolute Gasteiger partial charge is 0.238 e. The van der Waals surface area contributed by atoms with Gasteiger partial charge in [-0.2, -0.15) is 0 Å². The Morgan fingerprint density at radius 1 is 0.727 bits per heavy atom. The summed E-state index contributed by atoms with van der Waals surface area (Å²) in [5, 5.41) is 1.97. The van der Waals surface area contributed by atoms with Gasteiger partial charge in [-0.3, -0.25) is 9.59 Å². The van der Waals surface area contributed by atoms with Gasteiger partial charge in [-0.15, -0.1) is 0 Å². The van der Waals surface area contributed by atoms with Crippen LogP contribution in [0.5, 0.6) is 0 Å². The molecule has 160 valence electrons. The van der Waals surface area contributed by atoms with E-state index in [9.17, 15) is 9.59 Å². The first-order valence-electron chi connectivity index (χ1n) is 11.7. The first-order chi connectivity index (χ1) is 16.2. The Balaban J connectivity index is 1.52. The van der Waals surface area contributed by atoms with Crippen LogP contribution in [0.4, 0.5) is 5.69 Å². The Kier molecular flexibility index (Phi) is 3.66. The summed E-state index contributed by atoms with van der Waals surface area (Å²) in [5.41, 5.74) is 5.08. The zero-order valence-corrected chi connectivity index (χ0v) is 18.4. The molecule has 3 nitrogen and oxygen atoms in total. The van der Waals surface area contributed by atoms with Crippen molar-refractivity contribution in [1.82, 2.24) is 0 Å². The number of hydrogen-bond donors (Lipinski definition) is 0. The zero-order valence-electron chi connectivity index (χ0n) is 18.4. The molecule has 1 fully saturated rings. The molecule has 1 aliphatic heterocycles. The van der Waals surface area contributed by atoms with Crippen molar-refractivity contribution in [2.75, 3.05) is 4.90 Å². The Morgan fingerprint density at radius 2 is 1.33 bits per heavy atom. The van der Waals surface area contributed by atoms with Crippen LogP contribution in [0.3, 0.4) is 0 Å². The second-order valence-electron chi connectivity index (χ2n) is 9.49. The number of rotatable bonds is 2. The minimum atomic E-state index is -0.487.